The van der Waals surface area contributed by atoms with E-state index in [0.29, 0.717) is 0 Å². The Morgan fingerprint density at radius 3 is 1.78 bits per heavy atom. The fourth-order valence-corrected chi connectivity index (χ4v) is 8.62. The van der Waals surface area contributed by atoms with E-state index in [1.165, 1.54) is 21.7 Å². The van der Waals surface area contributed by atoms with Crippen LogP contribution in [-0.4, -0.2) is 11.7 Å². The number of amidine groups is 2. The Morgan fingerprint density at radius 1 is 0.379 bits per heavy atom. The van der Waals surface area contributed by atoms with Crippen LogP contribution in [0.3, 0.4) is 0 Å². The van der Waals surface area contributed by atoms with Crippen LogP contribution in [0.4, 0.5) is 0 Å². The van der Waals surface area contributed by atoms with Gasteiger partial charge in [0.05, 0.1) is 0 Å². The fraction of sp³-hybridized carbons (Fsp3) is 0.0189. The number of aliphatic imine (C=N–C) groups is 2. The average molecular weight is 744 g/mol. The fourth-order valence-electron chi connectivity index (χ4n) is 8.62. The molecule has 1 atom stereocenters. The molecule has 0 amide bonds. The highest BCUT2D eigenvalue weighted by atomic mass is 16.3. The van der Waals surface area contributed by atoms with Crippen molar-refractivity contribution in [2.45, 2.75) is 6.17 Å². The number of nitrogens with zero attached hydrogens (tertiary/aromatic N) is 2. The second-order valence-corrected chi connectivity index (χ2v) is 15.0. The van der Waals surface area contributed by atoms with Crippen LogP contribution in [0.15, 0.2) is 207 Å². The Labute approximate surface area is 333 Å². The summed E-state index contributed by atoms with van der Waals surface area (Å²) >= 11 is 0. The molecule has 1 unspecified atom stereocenters. The minimum atomic E-state index is -0.537. The van der Waals surface area contributed by atoms with Gasteiger partial charge >= 0.3 is 0 Å². The van der Waals surface area contributed by atoms with Gasteiger partial charge in [-0.1, -0.05) is 152 Å². The van der Waals surface area contributed by atoms with E-state index >= 15 is 0 Å². The van der Waals surface area contributed by atoms with E-state index in [1.54, 1.807) is 0 Å². The molecule has 1 aliphatic heterocycles. The zero-order chi connectivity index (χ0) is 38.2. The van der Waals surface area contributed by atoms with Gasteiger partial charge in [-0.15, -0.1) is 0 Å². The lowest BCUT2D eigenvalue weighted by Crippen LogP contribution is -2.36. The van der Waals surface area contributed by atoms with Gasteiger partial charge in [0.1, 0.15) is 34.0 Å². The Bertz CT molecular complexity index is 3500. The first-order valence-corrected chi connectivity index (χ1v) is 19.6. The van der Waals surface area contributed by atoms with Crippen molar-refractivity contribution in [3.05, 3.63) is 205 Å². The predicted octanol–water partition coefficient (Wildman–Crippen LogP) is 13.6. The van der Waals surface area contributed by atoms with Crippen LogP contribution in [0.25, 0.3) is 87.7 Å². The first kappa shape index (κ1) is 32.5. The van der Waals surface area contributed by atoms with E-state index in [4.69, 9.17) is 18.8 Å². The predicted molar refractivity (Wildman–Crippen MR) is 239 cm³/mol. The van der Waals surface area contributed by atoms with Crippen molar-refractivity contribution in [1.82, 2.24) is 5.32 Å². The first-order chi connectivity index (χ1) is 28.7. The first-order valence-electron chi connectivity index (χ1n) is 19.6. The molecule has 9 aromatic carbocycles. The Hall–Kier alpha value is -7.76. The lowest BCUT2D eigenvalue weighted by molar-refractivity contribution is 0.667. The number of para-hydroxylation sites is 2. The average Bonchev–Trinajstić information content (AvgIpc) is 3.87. The van der Waals surface area contributed by atoms with Crippen LogP contribution in [0.5, 0.6) is 0 Å². The summed E-state index contributed by atoms with van der Waals surface area (Å²) in [6.07, 6.45) is -0.537. The molecule has 0 saturated heterocycles. The summed E-state index contributed by atoms with van der Waals surface area (Å²) in [5, 5.41) is 12.6. The number of furan rings is 2. The molecule has 0 bridgehead atoms. The lowest BCUT2D eigenvalue weighted by Gasteiger charge is -2.23. The third-order valence-electron chi connectivity index (χ3n) is 11.5. The van der Waals surface area contributed by atoms with E-state index in [9.17, 15) is 0 Å². The highest BCUT2D eigenvalue weighted by Gasteiger charge is 2.25. The van der Waals surface area contributed by atoms with Gasteiger partial charge in [0, 0.05) is 43.8 Å². The topological polar surface area (TPSA) is 63.0 Å². The maximum Gasteiger partial charge on any atom is 0.170 e. The number of nitrogens with one attached hydrogen (secondary N) is 1. The molecule has 0 fully saturated rings. The summed E-state index contributed by atoms with van der Waals surface area (Å²) in [5.41, 5.74) is 10.7. The molecule has 0 aliphatic carbocycles. The van der Waals surface area contributed by atoms with Crippen LogP contribution in [0.2, 0.25) is 0 Å². The van der Waals surface area contributed by atoms with Crippen molar-refractivity contribution in [2.24, 2.45) is 9.98 Å². The van der Waals surface area contributed by atoms with Crippen LogP contribution in [-0.2, 0) is 0 Å². The Kier molecular flexibility index (Phi) is 7.23. The number of fused-ring (bicyclic) bond motifs is 8. The molecule has 12 rings (SSSR count). The molecule has 0 spiro atoms. The smallest absolute Gasteiger partial charge is 0.170 e. The third-order valence-corrected chi connectivity index (χ3v) is 11.5. The van der Waals surface area contributed by atoms with E-state index in [0.717, 1.165) is 94.3 Å². The molecule has 58 heavy (non-hydrogen) atoms. The zero-order valence-corrected chi connectivity index (χ0v) is 31.2. The van der Waals surface area contributed by atoms with E-state index in [2.05, 4.69) is 169 Å². The summed E-state index contributed by atoms with van der Waals surface area (Å²) in [5.74, 6) is 1.52. The summed E-state index contributed by atoms with van der Waals surface area (Å²) in [6.45, 7) is 0. The number of hydrogen-bond donors (Lipinski definition) is 1. The molecule has 5 heteroatoms. The van der Waals surface area contributed by atoms with Crippen molar-refractivity contribution in [1.29, 1.82) is 0 Å². The number of rotatable bonds is 5. The molecule has 3 heterocycles. The van der Waals surface area contributed by atoms with Crippen molar-refractivity contribution in [2.75, 3.05) is 0 Å². The van der Waals surface area contributed by atoms with Gasteiger partial charge in [-0.05, 0) is 74.6 Å². The van der Waals surface area contributed by atoms with Crippen molar-refractivity contribution in [3.63, 3.8) is 0 Å². The molecule has 11 aromatic rings. The molecule has 1 N–H and O–H groups in total. The Morgan fingerprint density at radius 2 is 0.966 bits per heavy atom. The monoisotopic (exact) mass is 743 g/mol. The third kappa shape index (κ3) is 5.32. The molecule has 2 aromatic heterocycles. The highest BCUT2D eigenvalue weighted by molar-refractivity contribution is 6.17. The van der Waals surface area contributed by atoms with Crippen LogP contribution >= 0.6 is 0 Å². The standard InChI is InChI=1S/C53H33N3O2/c1-3-11-36-29-38(25-21-32(36)9-1)34-19-23-35(24-20-34)51-54-52(40-26-22-33-10-2-4-12-37(33)30-40)56-53(55-51)44-16-8-18-48-49(44)45-31-39(27-28-47(45)57-48)41-14-7-15-43-42-13-5-6-17-46(42)58-50(41)43/h1-31,53H,(H,54,55,56). The zero-order valence-electron chi connectivity index (χ0n) is 31.2. The molecule has 5 nitrogen and oxygen atoms in total. The Balaban J connectivity index is 0.999. The van der Waals surface area contributed by atoms with Crippen molar-refractivity contribution >= 4 is 77.1 Å². The number of hydrogen-bond acceptors (Lipinski definition) is 5. The van der Waals surface area contributed by atoms with Crippen LogP contribution < -0.4 is 5.32 Å². The van der Waals surface area contributed by atoms with E-state index in [1.807, 2.05) is 24.3 Å². The lowest BCUT2D eigenvalue weighted by atomic mass is 9.98. The quantitative estimate of drug-likeness (QED) is 0.191. The van der Waals surface area contributed by atoms with Gasteiger partial charge < -0.3 is 14.2 Å². The largest absolute Gasteiger partial charge is 0.456 e. The minimum Gasteiger partial charge on any atom is -0.456 e. The molecule has 272 valence electrons. The maximum absolute atomic E-state index is 6.53. The molecule has 0 radical (unpaired) electrons. The van der Waals surface area contributed by atoms with Crippen molar-refractivity contribution < 1.29 is 8.83 Å². The van der Waals surface area contributed by atoms with Crippen LogP contribution in [0.1, 0.15) is 22.9 Å². The highest BCUT2D eigenvalue weighted by Crippen LogP contribution is 2.41. The maximum atomic E-state index is 6.53. The molecular formula is C53H33N3O2. The molecule has 0 saturated carbocycles. The summed E-state index contributed by atoms with van der Waals surface area (Å²) in [4.78, 5) is 10.7. The summed E-state index contributed by atoms with van der Waals surface area (Å²) < 4.78 is 13.0. The second kappa shape index (κ2) is 12.9. The van der Waals surface area contributed by atoms with Gasteiger partial charge in [0.2, 0.25) is 0 Å². The molecular weight excluding hydrogens is 711 g/mol. The van der Waals surface area contributed by atoms with Gasteiger partial charge in [-0.2, -0.15) is 0 Å². The van der Waals surface area contributed by atoms with E-state index < -0.39 is 6.17 Å². The van der Waals surface area contributed by atoms with Gasteiger partial charge in [-0.3, -0.25) is 0 Å². The second-order valence-electron chi connectivity index (χ2n) is 15.0. The number of benzene rings is 9. The van der Waals surface area contributed by atoms with Crippen molar-refractivity contribution in [3.8, 4) is 22.3 Å². The summed E-state index contributed by atoms with van der Waals surface area (Å²) in [7, 11) is 0. The van der Waals surface area contributed by atoms with Crippen LogP contribution in [0, 0.1) is 0 Å². The SMILES string of the molecule is c1ccc2cc(C3=NC(c4cccc5oc6ccc(-c7cccc8c7oc7ccccc78)cc6c45)N=C(c4ccc(-c5ccc6ccccc6c5)cc4)N3)ccc2c1. The van der Waals surface area contributed by atoms with E-state index in [-0.39, 0.29) is 0 Å². The summed E-state index contributed by atoms with van der Waals surface area (Å²) in [6, 6.07) is 65.8. The molecule has 1 aliphatic rings. The minimum absolute atomic E-state index is 0.537. The van der Waals surface area contributed by atoms with Gasteiger partial charge in [-0.25, -0.2) is 9.98 Å². The van der Waals surface area contributed by atoms with Gasteiger partial charge in [0.15, 0.2) is 6.17 Å². The normalized spacial score (nSPS) is 14.4. The van der Waals surface area contributed by atoms with Gasteiger partial charge in [0.25, 0.3) is 0 Å².